The highest BCUT2D eigenvalue weighted by molar-refractivity contribution is 5.76. The fourth-order valence-corrected chi connectivity index (χ4v) is 1.93. The molecule has 0 amide bonds. The number of hydrogen-bond donors (Lipinski definition) is 0. The van der Waals surface area contributed by atoms with Gasteiger partial charge in [-0.1, -0.05) is 26.7 Å². The van der Waals surface area contributed by atoms with E-state index in [1.54, 1.807) is 0 Å². The summed E-state index contributed by atoms with van der Waals surface area (Å²) in [5.74, 6) is 0.837. The summed E-state index contributed by atoms with van der Waals surface area (Å²) in [5, 5.41) is 3.84. The van der Waals surface area contributed by atoms with Gasteiger partial charge in [-0.15, -0.1) is 0 Å². The maximum Gasteiger partial charge on any atom is 0.283 e. The van der Waals surface area contributed by atoms with Gasteiger partial charge in [-0.25, -0.2) is 0 Å². The molecule has 5 heteroatoms. The van der Waals surface area contributed by atoms with Gasteiger partial charge in [-0.05, 0) is 18.4 Å². The summed E-state index contributed by atoms with van der Waals surface area (Å²) in [6.45, 7) is 8.37. The normalized spacial score (nSPS) is 15.5. The van der Waals surface area contributed by atoms with E-state index in [-0.39, 0.29) is 0 Å². The number of unbranched alkanes of at least 4 members (excludes halogenated alkanes) is 2. The maximum absolute atomic E-state index is 8.60. The lowest BCUT2D eigenvalue weighted by Crippen LogP contribution is -2.28. The molecule has 0 unspecified atom stereocenters. The molecule has 0 aromatic rings. The molecule has 0 aliphatic carbocycles. The smallest absolute Gasteiger partial charge is 0.283 e. The third kappa shape index (κ3) is 3.42. The van der Waals surface area contributed by atoms with Crippen LogP contribution < -0.4 is 0 Å². The lowest BCUT2D eigenvalue weighted by atomic mass is 10.3. The third-order valence-electron chi connectivity index (χ3n) is 2.90. The highest BCUT2D eigenvalue weighted by atomic mass is 15.4. The molecule has 0 aromatic heterocycles. The first-order chi connectivity index (χ1) is 7.83. The molecule has 0 saturated heterocycles. The minimum atomic E-state index is 0.837. The number of azide groups is 1. The van der Waals surface area contributed by atoms with Gasteiger partial charge in [0.05, 0.1) is 26.2 Å². The van der Waals surface area contributed by atoms with Gasteiger partial charge in [0, 0.05) is 10.0 Å². The highest BCUT2D eigenvalue weighted by Crippen LogP contribution is 2.07. The predicted octanol–water partition coefficient (Wildman–Crippen LogP) is 2.58. The lowest BCUT2D eigenvalue weighted by molar-refractivity contribution is -0.519. The lowest BCUT2D eigenvalue weighted by Gasteiger charge is -2.11. The zero-order valence-corrected chi connectivity index (χ0v) is 10.4. The summed E-state index contributed by atoms with van der Waals surface area (Å²) < 4.78 is 2.21. The molecule has 0 aromatic carbocycles. The van der Waals surface area contributed by atoms with Crippen molar-refractivity contribution in [2.75, 3.05) is 26.2 Å². The molecule has 0 fully saturated rings. The Kier molecular flexibility index (Phi) is 5.72. The van der Waals surface area contributed by atoms with Crippen LogP contribution in [0.2, 0.25) is 0 Å². The molecule has 0 saturated carbocycles. The first kappa shape index (κ1) is 12.8. The van der Waals surface area contributed by atoms with Crippen LogP contribution in [0.3, 0.4) is 0 Å². The summed E-state index contributed by atoms with van der Waals surface area (Å²) in [7, 11) is 0. The Hall–Kier alpha value is -1.22. The predicted molar refractivity (Wildman–Crippen MR) is 65.5 cm³/mol. The van der Waals surface area contributed by atoms with Crippen LogP contribution in [-0.2, 0) is 0 Å². The van der Waals surface area contributed by atoms with Gasteiger partial charge in [-0.2, -0.15) is 0 Å². The Bertz CT molecular complexity index is 291. The van der Waals surface area contributed by atoms with Crippen molar-refractivity contribution >= 4 is 5.96 Å². The highest BCUT2D eigenvalue weighted by Gasteiger charge is 2.25. The molecule has 1 aliphatic rings. The van der Waals surface area contributed by atoms with E-state index in [0.717, 1.165) is 45.0 Å². The molecule has 0 spiro atoms. The topological polar surface area (TPSA) is 55.0 Å². The quantitative estimate of drug-likeness (QED) is 0.296. The van der Waals surface area contributed by atoms with Gasteiger partial charge in [0.15, 0.2) is 0 Å². The van der Waals surface area contributed by atoms with Gasteiger partial charge in [0.25, 0.3) is 5.96 Å². The van der Waals surface area contributed by atoms with Crippen LogP contribution in [0.15, 0.2) is 5.11 Å². The van der Waals surface area contributed by atoms with Crippen LogP contribution >= 0.6 is 0 Å². The van der Waals surface area contributed by atoms with Crippen LogP contribution in [0.4, 0.5) is 0 Å². The van der Waals surface area contributed by atoms with E-state index in [1.165, 1.54) is 12.8 Å². The molecule has 1 heterocycles. The largest absolute Gasteiger partial charge is 0.288 e. The van der Waals surface area contributed by atoms with Crippen molar-refractivity contribution in [3.63, 3.8) is 0 Å². The maximum atomic E-state index is 8.60. The molecule has 0 bridgehead atoms. The Labute approximate surface area is 97.4 Å². The summed E-state index contributed by atoms with van der Waals surface area (Å²) in [4.78, 5) is 5.15. The molecule has 1 rings (SSSR count). The Morgan fingerprint density at radius 2 is 2.12 bits per heavy atom. The van der Waals surface area contributed by atoms with Gasteiger partial charge < -0.3 is 0 Å². The third-order valence-corrected chi connectivity index (χ3v) is 2.90. The van der Waals surface area contributed by atoms with E-state index in [1.807, 2.05) is 0 Å². The minimum Gasteiger partial charge on any atom is -0.288 e. The van der Waals surface area contributed by atoms with E-state index >= 15 is 0 Å². The molecule has 5 nitrogen and oxygen atoms in total. The number of guanidine groups is 1. The van der Waals surface area contributed by atoms with Crippen LogP contribution in [-0.4, -0.2) is 41.6 Å². The van der Waals surface area contributed by atoms with E-state index < -0.39 is 0 Å². The molecular weight excluding hydrogens is 202 g/mol. The van der Waals surface area contributed by atoms with Crippen molar-refractivity contribution < 1.29 is 4.58 Å². The van der Waals surface area contributed by atoms with Crippen LogP contribution in [0.25, 0.3) is 10.4 Å². The van der Waals surface area contributed by atoms with Crippen molar-refractivity contribution in [3.8, 4) is 0 Å². The average Bonchev–Trinajstić information content (AvgIpc) is 2.67. The zero-order chi connectivity index (χ0) is 11.8. The SMILES string of the molecule is CCCCN1CC[N+](CCCC)=C1N=[N+]=[N-]. The van der Waals surface area contributed by atoms with E-state index in [9.17, 15) is 0 Å². The summed E-state index contributed by atoms with van der Waals surface area (Å²) >= 11 is 0. The average molecular weight is 224 g/mol. The van der Waals surface area contributed by atoms with Gasteiger partial charge in [0.1, 0.15) is 0 Å². The van der Waals surface area contributed by atoms with E-state index in [2.05, 4.69) is 33.3 Å². The van der Waals surface area contributed by atoms with Crippen molar-refractivity contribution in [2.45, 2.75) is 39.5 Å². The molecule has 0 radical (unpaired) electrons. The van der Waals surface area contributed by atoms with Crippen LogP contribution in [0.5, 0.6) is 0 Å². The van der Waals surface area contributed by atoms with Crippen LogP contribution in [0, 0.1) is 0 Å². The fraction of sp³-hybridized carbons (Fsp3) is 0.909. The number of nitrogens with zero attached hydrogens (tertiary/aromatic N) is 5. The second-order valence-electron chi connectivity index (χ2n) is 4.17. The Morgan fingerprint density at radius 3 is 2.75 bits per heavy atom. The summed E-state index contributed by atoms with van der Waals surface area (Å²) in [6.07, 6.45) is 4.67. The van der Waals surface area contributed by atoms with Gasteiger partial charge in [-0.3, -0.25) is 9.48 Å². The van der Waals surface area contributed by atoms with E-state index in [4.69, 9.17) is 5.53 Å². The first-order valence-corrected chi connectivity index (χ1v) is 6.25. The standard InChI is InChI=1S/C11H22N5/c1-3-5-7-15-9-10-16(8-6-4-2)11(15)13-14-12/h3-10H2,1-2H3/q+1. The molecule has 0 atom stereocenters. The van der Waals surface area contributed by atoms with Crippen molar-refractivity contribution in [1.29, 1.82) is 0 Å². The molecule has 1 aliphatic heterocycles. The molecule has 90 valence electrons. The minimum absolute atomic E-state index is 0.837. The Balaban J connectivity index is 2.66. The van der Waals surface area contributed by atoms with Crippen molar-refractivity contribution in [1.82, 2.24) is 4.90 Å². The molecule has 16 heavy (non-hydrogen) atoms. The van der Waals surface area contributed by atoms with E-state index in [0.29, 0.717) is 0 Å². The molecular formula is C11H22N5+. The van der Waals surface area contributed by atoms with Crippen molar-refractivity contribution in [2.24, 2.45) is 5.11 Å². The number of rotatable bonds is 6. The number of hydrogen-bond acceptors (Lipinski definition) is 2. The Morgan fingerprint density at radius 1 is 1.38 bits per heavy atom. The summed E-state index contributed by atoms with van der Waals surface area (Å²) in [6, 6.07) is 0. The van der Waals surface area contributed by atoms with Crippen molar-refractivity contribution in [3.05, 3.63) is 10.4 Å². The van der Waals surface area contributed by atoms with Gasteiger partial charge >= 0.3 is 0 Å². The second kappa shape index (κ2) is 7.12. The van der Waals surface area contributed by atoms with Crippen LogP contribution in [0.1, 0.15) is 39.5 Å². The zero-order valence-electron chi connectivity index (χ0n) is 10.4. The monoisotopic (exact) mass is 224 g/mol. The second-order valence-corrected chi connectivity index (χ2v) is 4.17. The summed E-state index contributed by atoms with van der Waals surface area (Å²) in [5.41, 5.74) is 8.60. The molecule has 0 N–H and O–H groups in total. The fourth-order valence-electron chi connectivity index (χ4n) is 1.93. The first-order valence-electron chi connectivity index (χ1n) is 6.25. The van der Waals surface area contributed by atoms with Gasteiger partial charge in [0.2, 0.25) is 0 Å².